The highest BCUT2D eigenvalue weighted by atomic mass is 16.6. The molecule has 1 heterocycles. The molecule has 4 nitrogen and oxygen atoms in total. The summed E-state index contributed by atoms with van der Waals surface area (Å²) in [6, 6.07) is 0. The van der Waals surface area contributed by atoms with Crippen LogP contribution in [0.15, 0.2) is 11.4 Å². The van der Waals surface area contributed by atoms with E-state index in [0.717, 1.165) is 12.1 Å². The van der Waals surface area contributed by atoms with Crippen molar-refractivity contribution in [2.75, 3.05) is 13.7 Å². The maximum Gasteiger partial charge on any atom is 0.180 e. The third-order valence-electron chi connectivity index (χ3n) is 2.52. The van der Waals surface area contributed by atoms with Crippen LogP contribution in [0, 0.1) is 0 Å². The number of hydrogen-bond acceptors (Lipinski definition) is 4. The van der Waals surface area contributed by atoms with Crippen molar-refractivity contribution in [2.24, 2.45) is 5.73 Å². The molecule has 1 unspecified atom stereocenters. The molecule has 3 N–H and O–H groups in total. The number of Topliss-reactive ketones (excluding diaryl/α,β-unsaturated/α-hetero) is 1. The first kappa shape index (κ1) is 7.61. The van der Waals surface area contributed by atoms with Crippen LogP contribution in [0.5, 0.6) is 0 Å². The number of carbonyl (C=O) groups is 1. The molecule has 0 bridgehead atoms. The van der Waals surface area contributed by atoms with E-state index in [1.165, 1.54) is 0 Å². The van der Waals surface area contributed by atoms with E-state index >= 15 is 0 Å². The van der Waals surface area contributed by atoms with Gasteiger partial charge >= 0.3 is 0 Å². The largest absolute Gasteiger partial charge is 0.394 e. The van der Waals surface area contributed by atoms with Gasteiger partial charge in [0.2, 0.25) is 0 Å². The van der Waals surface area contributed by atoms with Gasteiger partial charge in [-0.05, 0) is 6.42 Å². The van der Waals surface area contributed by atoms with E-state index < -0.39 is 0 Å². The first-order valence-corrected chi connectivity index (χ1v) is 4.05. The average Bonchev–Trinajstić information content (AvgIpc) is 2.81. The summed E-state index contributed by atoms with van der Waals surface area (Å²) in [5, 5.41) is 2.95. The minimum atomic E-state index is -0.229. The van der Waals surface area contributed by atoms with Crippen molar-refractivity contribution < 1.29 is 9.53 Å². The third kappa shape index (κ3) is 0.845. The molecule has 0 radical (unpaired) electrons. The molecule has 0 aromatic rings. The quantitative estimate of drug-likeness (QED) is 0.518. The zero-order chi connectivity index (χ0) is 8.77. The summed E-state index contributed by atoms with van der Waals surface area (Å²) in [6.07, 6.45) is 1.28. The summed E-state index contributed by atoms with van der Waals surface area (Å²) in [4.78, 5) is 11.2. The average molecular weight is 168 g/mol. The fraction of sp³-hybridized carbons (Fsp3) is 0.625. The molecule has 12 heavy (non-hydrogen) atoms. The first-order valence-electron chi connectivity index (χ1n) is 4.05. The number of rotatable bonds is 1. The summed E-state index contributed by atoms with van der Waals surface area (Å²) in [7, 11) is 1.77. The summed E-state index contributed by atoms with van der Waals surface area (Å²) in [5.74, 6) is 0.0282. The highest BCUT2D eigenvalue weighted by molar-refractivity contribution is 5.96. The number of hydrogen-bond donors (Lipinski definition) is 2. The molecule has 1 saturated heterocycles. The molecule has 0 amide bonds. The number of epoxide rings is 1. The van der Waals surface area contributed by atoms with Crippen molar-refractivity contribution in [2.45, 2.75) is 18.4 Å². The van der Waals surface area contributed by atoms with Gasteiger partial charge in [-0.3, -0.25) is 4.79 Å². The second kappa shape index (κ2) is 2.23. The van der Waals surface area contributed by atoms with Crippen molar-refractivity contribution in [3.8, 4) is 0 Å². The smallest absolute Gasteiger partial charge is 0.180 e. The third-order valence-corrected chi connectivity index (χ3v) is 2.52. The van der Waals surface area contributed by atoms with Crippen LogP contribution in [0.1, 0.15) is 12.8 Å². The van der Waals surface area contributed by atoms with Gasteiger partial charge in [-0.1, -0.05) is 0 Å². The van der Waals surface area contributed by atoms with Gasteiger partial charge < -0.3 is 15.8 Å². The van der Waals surface area contributed by atoms with Crippen molar-refractivity contribution >= 4 is 5.78 Å². The van der Waals surface area contributed by atoms with Crippen LogP contribution in [0.2, 0.25) is 0 Å². The standard InChI is InChI=1S/C8H12N2O2/c1-10-7-6(9)5(11)2-3-8(7)4-12-8/h10H,2-4,9H2,1H3. The van der Waals surface area contributed by atoms with Gasteiger partial charge in [0.25, 0.3) is 0 Å². The molecule has 1 atom stereocenters. The molecule has 66 valence electrons. The van der Waals surface area contributed by atoms with Crippen LogP contribution in [-0.4, -0.2) is 25.0 Å². The Morgan fingerprint density at radius 2 is 2.33 bits per heavy atom. The lowest BCUT2D eigenvalue weighted by Gasteiger charge is -2.22. The molecule has 1 fully saturated rings. The summed E-state index contributed by atoms with van der Waals surface area (Å²) in [6.45, 7) is 0.692. The molecule has 2 rings (SSSR count). The number of likely N-dealkylation sites (N-methyl/N-ethyl adjacent to an activating group) is 1. The predicted molar refractivity (Wildman–Crippen MR) is 43.2 cm³/mol. The molecule has 1 aliphatic heterocycles. The number of nitrogens with two attached hydrogens (primary N) is 1. The van der Waals surface area contributed by atoms with Gasteiger partial charge in [0, 0.05) is 13.5 Å². The fourth-order valence-corrected chi connectivity index (χ4v) is 1.70. The molecule has 4 heteroatoms. The van der Waals surface area contributed by atoms with E-state index in [4.69, 9.17) is 10.5 Å². The van der Waals surface area contributed by atoms with Crippen LogP contribution < -0.4 is 11.1 Å². The fourth-order valence-electron chi connectivity index (χ4n) is 1.70. The normalized spacial score (nSPS) is 34.2. The van der Waals surface area contributed by atoms with Crippen molar-refractivity contribution in [3.63, 3.8) is 0 Å². The van der Waals surface area contributed by atoms with Gasteiger partial charge in [0.05, 0.1) is 18.0 Å². The van der Waals surface area contributed by atoms with Gasteiger partial charge in [0.1, 0.15) is 5.60 Å². The van der Waals surface area contributed by atoms with Crippen LogP contribution in [0.25, 0.3) is 0 Å². The Balaban J connectivity index is 2.38. The zero-order valence-electron chi connectivity index (χ0n) is 7.02. The van der Waals surface area contributed by atoms with E-state index in [2.05, 4.69) is 5.32 Å². The molecule has 1 spiro atoms. The van der Waals surface area contributed by atoms with Crippen molar-refractivity contribution in [1.82, 2.24) is 5.32 Å². The van der Waals surface area contributed by atoms with Gasteiger partial charge in [-0.15, -0.1) is 0 Å². The number of allylic oxidation sites excluding steroid dienone is 1. The minimum Gasteiger partial charge on any atom is -0.394 e. The molecular weight excluding hydrogens is 156 g/mol. The monoisotopic (exact) mass is 168 g/mol. The Bertz CT molecular complexity index is 266. The highest BCUT2D eigenvalue weighted by Crippen LogP contribution is 2.41. The molecule has 2 aliphatic rings. The Kier molecular flexibility index (Phi) is 1.41. The van der Waals surface area contributed by atoms with E-state index in [0.29, 0.717) is 18.7 Å². The molecule has 0 aromatic carbocycles. The predicted octanol–water partition coefficient (Wildman–Crippen LogP) is -0.492. The lowest BCUT2D eigenvalue weighted by Crippen LogP contribution is -2.36. The van der Waals surface area contributed by atoms with E-state index in [1.54, 1.807) is 7.05 Å². The van der Waals surface area contributed by atoms with E-state index in [9.17, 15) is 4.79 Å². The van der Waals surface area contributed by atoms with Crippen LogP contribution >= 0.6 is 0 Å². The first-order chi connectivity index (χ1) is 5.69. The van der Waals surface area contributed by atoms with Crippen LogP contribution in [0.4, 0.5) is 0 Å². The van der Waals surface area contributed by atoms with Gasteiger partial charge in [-0.2, -0.15) is 0 Å². The summed E-state index contributed by atoms with van der Waals surface area (Å²) in [5.41, 5.74) is 6.53. The molecular formula is C8H12N2O2. The number of carbonyl (C=O) groups excluding carboxylic acids is 1. The maximum atomic E-state index is 11.2. The molecule has 0 saturated carbocycles. The Labute approximate surface area is 70.8 Å². The van der Waals surface area contributed by atoms with E-state index in [-0.39, 0.29) is 11.4 Å². The summed E-state index contributed by atoms with van der Waals surface area (Å²) >= 11 is 0. The number of nitrogens with one attached hydrogen (secondary N) is 1. The minimum absolute atomic E-state index is 0.0282. The van der Waals surface area contributed by atoms with Crippen molar-refractivity contribution in [1.29, 1.82) is 0 Å². The van der Waals surface area contributed by atoms with Crippen molar-refractivity contribution in [3.05, 3.63) is 11.4 Å². The Morgan fingerprint density at radius 3 is 2.83 bits per heavy atom. The van der Waals surface area contributed by atoms with E-state index in [1.807, 2.05) is 0 Å². The molecule has 1 aliphatic carbocycles. The Hall–Kier alpha value is -1.03. The topological polar surface area (TPSA) is 67.6 Å². The van der Waals surface area contributed by atoms with Gasteiger partial charge in [-0.25, -0.2) is 0 Å². The van der Waals surface area contributed by atoms with Crippen LogP contribution in [0.3, 0.4) is 0 Å². The van der Waals surface area contributed by atoms with Crippen LogP contribution in [-0.2, 0) is 9.53 Å². The molecule has 0 aromatic heterocycles. The SMILES string of the molecule is CNC1=C(N)C(=O)CCC12CO2. The maximum absolute atomic E-state index is 11.2. The number of ketones is 1. The second-order valence-electron chi connectivity index (χ2n) is 3.24. The second-order valence-corrected chi connectivity index (χ2v) is 3.24. The number of ether oxygens (including phenoxy) is 1. The summed E-state index contributed by atoms with van der Waals surface area (Å²) < 4.78 is 5.31. The van der Waals surface area contributed by atoms with Gasteiger partial charge in [0.15, 0.2) is 5.78 Å². The lowest BCUT2D eigenvalue weighted by molar-refractivity contribution is -0.116. The highest BCUT2D eigenvalue weighted by Gasteiger charge is 2.52. The Morgan fingerprint density at radius 1 is 1.67 bits per heavy atom. The zero-order valence-corrected chi connectivity index (χ0v) is 7.02. The lowest BCUT2D eigenvalue weighted by atomic mass is 9.90.